The summed E-state index contributed by atoms with van der Waals surface area (Å²) in [6, 6.07) is -5.88. The minimum atomic E-state index is -1.60. The maximum Gasteiger partial charge on any atom is 0.326 e. The van der Waals surface area contributed by atoms with Gasteiger partial charge >= 0.3 is 11.9 Å². The van der Waals surface area contributed by atoms with Crippen LogP contribution in [0.2, 0.25) is 0 Å². The molecule has 4 amide bonds. The first-order chi connectivity index (χ1) is 17.8. The van der Waals surface area contributed by atoms with Crippen LogP contribution in [0.15, 0.2) is 17.5 Å². The molecule has 18 heteroatoms. The van der Waals surface area contributed by atoms with Crippen LogP contribution in [0.4, 0.5) is 0 Å². The second kappa shape index (κ2) is 15.4. The van der Waals surface area contributed by atoms with Gasteiger partial charge in [0.25, 0.3) is 0 Å². The first-order valence-corrected chi connectivity index (χ1v) is 11.2. The highest BCUT2D eigenvalue weighted by Gasteiger charge is 2.31. The number of guanidine groups is 1. The first kappa shape index (κ1) is 31.3. The van der Waals surface area contributed by atoms with Gasteiger partial charge in [0, 0.05) is 24.9 Å². The Bertz CT molecular complexity index is 1030. The third kappa shape index (κ3) is 11.8. The fourth-order valence-corrected chi connectivity index (χ4v) is 3.10. The Morgan fingerprint density at radius 1 is 0.921 bits per heavy atom. The fourth-order valence-electron chi connectivity index (χ4n) is 3.10. The Morgan fingerprint density at radius 2 is 1.53 bits per heavy atom. The number of aromatic amines is 1. The number of rotatable bonds is 17. The van der Waals surface area contributed by atoms with Crippen LogP contribution in [-0.4, -0.2) is 92.4 Å². The van der Waals surface area contributed by atoms with Crippen molar-refractivity contribution in [1.29, 1.82) is 0 Å². The maximum atomic E-state index is 13.0. The molecular formula is C20H32N10O8. The van der Waals surface area contributed by atoms with Crippen LogP contribution in [0.25, 0.3) is 0 Å². The zero-order chi connectivity index (χ0) is 28.8. The van der Waals surface area contributed by atoms with E-state index in [2.05, 4.69) is 30.9 Å². The molecule has 38 heavy (non-hydrogen) atoms. The van der Waals surface area contributed by atoms with E-state index in [1.54, 1.807) is 0 Å². The third-order valence-corrected chi connectivity index (χ3v) is 4.94. The van der Waals surface area contributed by atoms with E-state index in [0.29, 0.717) is 5.69 Å². The van der Waals surface area contributed by atoms with Crippen molar-refractivity contribution in [2.24, 2.45) is 27.9 Å². The monoisotopic (exact) mass is 540 g/mol. The fraction of sp³-hybridized carbons (Fsp3) is 0.500. The molecule has 18 nitrogen and oxygen atoms in total. The summed E-state index contributed by atoms with van der Waals surface area (Å²) in [7, 11) is 0. The molecule has 0 fully saturated rings. The molecule has 4 unspecified atom stereocenters. The van der Waals surface area contributed by atoms with Gasteiger partial charge in [-0.1, -0.05) is 0 Å². The molecule has 1 aromatic rings. The van der Waals surface area contributed by atoms with Crippen molar-refractivity contribution >= 4 is 41.5 Å². The molecule has 0 saturated heterocycles. The van der Waals surface area contributed by atoms with Crippen LogP contribution in [0.5, 0.6) is 0 Å². The van der Waals surface area contributed by atoms with Crippen LogP contribution in [0, 0.1) is 0 Å². The van der Waals surface area contributed by atoms with E-state index in [-0.39, 0.29) is 31.8 Å². The van der Waals surface area contributed by atoms with Gasteiger partial charge < -0.3 is 54.1 Å². The van der Waals surface area contributed by atoms with Crippen LogP contribution >= 0.6 is 0 Å². The van der Waals surface area contributed by atoms with Gasteiger partial charge in [0.05, 0.1) is 25.2 Å². The summed E-state index contributed by atoms with van der Waals surface area (Å²) in [4.78, 5) is 82.4. The topological polar surface area (TPSA) is 324 Å². The number of aliphatic imine (C=N–C) groups is 1. The van der Waals surface area contributed by atoms with Gasteiger partial charge in [0.2, 0.25) is 23.6 Å². The lowest BCUT2D eigenvalue weighted by molar-refractivity contribution is -0.142. The Kier molecular flexibility index (Phi) is 12.7. The SMILES string of the molecule is NC(=O)CC(NC(=O)C(CCCN=C(N)N)NC(=O)C(N)CC(=O)O)C(=O)NC(Cc1cnc[nH]1)C(=O)O. The second-order valence-corrected chi connectivity index (χ2v) is 8.13. The van der Waals surface area contributed by atoms with Crippen molar-refractivity contribution in [2.75, 3.05) is 6.54 Å². The van der Waals surface area contributed by atoms with Crippen molar-refractivity contribution in [1.82, 2.24) is 25.9 Å². The van der Waals surface area contributed by atoms with Gasteiger partial charge in [-0.2, -0.15) is 0 Å². The van der Waals surface area contributed by atoms with Gasteiger partial charge in [0.1, 0.15) is 18.1 Å². The number of hydrogen-bond acceptors (Lipinski definition) is 9. The van der Waals surface area contributed by atoms with Crippen molar-refractivity contribution in [3.8, 4) is 0 Å². The molecule has 0 saturated carbocycles. The van der Waals surface area contributed by atoms with Gasteiger partial charge in [-0.05, 0) is 12.8 Å². The quantitative estimate of drug-likeness (QED) is 0.0505. The van der Waals surface area contributed by atoms with E-state index in [4.69, 9.17) is 28.0 Å². The number of imidazole rings is 1. The van der Waals surface area contributed by atoms with E-state index in [1.807, 2.05) is 0 Å². The highest BCUT2D eigenvalue weighted by molar-refractivity contribution is 5.96. The van der Waals surface area contributed by atoms with Gasteiger partial charge in [-0.25, -0.2) is 9.78 Å². The van der Waals surface area contributed by atoms with Crippen LogP contribution < -0.4 is 38.9 Å². The number of primary amides is 1. The number of nitrogens with one attached hydrogen (secondary N) is 4. The normalized spacial score (nSPS) is 13.7. The molecule has 210 valence electrons. The van der Waals surface area contributed by atoms with Crippen LogP contribution in [0.1, 0.15) is 31.4 Å². The zero-order valence-electron chi connectivity index (χ0n) is 20.3. The average Bonchev–Trinajstić information content (AvgIpc) is 3.32. The second-order valence-electron chi connectivity index (χ2n) is 8.13. The summed E-state index contributed by atoms with van der Waals surface area (Å²) in [5.41, 5.74) is 21.7. The highest BCUT2D eigenvalue weighted by Crippen LogP contribution is 2.05. The molecule has 1 aromatic heterocycles. The standard InChI is InChI=1S/C20H32N10O8/c21-10(5-15(32)33)16(34)28-11(2-1-3-26-20(23)24)17(35)29-12(6-14(22)31)18(36)30-13(19(37)38)4-9-7-25-8-27-9/h7-8,10-13H,1-6,21H2,(H2,22,31)(H,25,27)(H,28,34)(H,29,35)(H,30,36)(H,32,33)(H,37,38)(H4,23,24,26). The predicted octanol–water partition coefficient (Wildman–Crippen LogP) is -4.78. The Labute approximate surface area is 216 Å². The molecule has 0 aliphatic rings. The molecule has 0 aromatic carbocycles. The molecule has 0 bridgehead atoms. The molecule has 1 heterocycles. The zero-order valence-corrected chi connectivity index (χ0v) is 20.3. The van der Waals surface area contributed by atoms with Crippen LogP contribution in [-0.2, 0) is 35.2 Å². The number of carboxylic acids is 2. The van der Waals surface area contributed by atoms with E-state index in [1.165, 1.54) is 12.5 Å². The molecule has 1 rings (SSSR count). The van der Waals surface area contributed by atoms with E-state index >= 15 is 0 Å². The van der Waals surface area contributed by atoms with E-state index in [0.717, 1.165) is 0 Å². The van der Waals surface area contributed by atoms with Gasteiger partial charge in [-0.3, -0.25) is 29.0 Å². The minimum absolute atomic E-state index is 0.0717. The molecule has 0 aliphatic carbocycles. The largest absolute Gasteiger partial charge is 0.481 e. The average molecular weight is 541 g/mol. The number of aromatic nitrogens is 2. The number of amides is 4. The number of aliphatic carboxylic acids is 2. The summed E-state index contributed by atoms with van der Waals surface area (Å²) >= 11 is 0. The Morgan fingerprint density at radius 3 is 2.05 bits per heavy atom. The lowest BCUT2D eigenvalue weighted by Gasteiger charge is -2.24. The van der Waals surface area contributed by atoms with Crippen molar-refractivity contribution < 1.29 is 39.0 Å². The Balaban J connectivity index is 3.03. The molecule has 0 aliphatic heterocycles. The smallest absolute Gasteiger partial charge is 0.326 e. The molecule has 0 spiro atoms. The first-order valence-electron chi connectivity index (χ1n) is 11.2. The number of carbonyl (C=O) groups excluding carboxylic acids is 4. The number of carbonyl (C=O) groups is 6. The molecule has 0 radical (unpaired) electrons. The number of nitrogens with zero attached hydrogens (tertiary/aromatic N) is 2. The number of H-pyrrole nitrogens is 1. The van der Waals surface area contributed by atoms with Gasteiger partial charge in [0.15, 0.2) is 5.96 Å². The van der Waals surface area contributed by atoms with E-state index < -0.39 is 72.6 Å². The summed E-state index contributed by atoms with van der Waals surface area (Å²) in [6.07, 6.45) is 1.18. The summed E-state index contributed by atoms with van der Waals surface area (Å²) in [6.45, 7) is 0.0717. The van der Waals surface area contributed by atoms with Crippen molar-refractivity contribution in [2.45, 2.75) is 56.3 Å². The maximum absolute atomic E-state index is 13.0. The molecular weight excluding hydrogens is 508 g/mol. The van der Waals surface area contributed by atoms with Crippen LogP contribution in [0.3, 0.4) is 0 Å². The third-order valence-electron chi connectivity index (χ3n) is 4.94. The van der Waals surface area contributed by atoms with Crippen molar-refractivity contribution in [3.63, 3.8) is 0 Å². The predicted molar refractivity (Wildman–Crippen MR) is 130 cm³/mol. The van der Waals surface area contributed by atoms with Gasteiger partial charge in [-0.15, -0.1) is 0 Å². The van der Waals surface area contributed by atoms with E-state index in [9.17, 15) is 33.9 Å². The minimum Gasteiger partial charge on any atom is -0.481 e. The number of carboxylic acid groups (broad SMARTS) is 2. The summed E-state index contributed by atoms with van der Waals surface area (Å²) in [5, 5.41) is 25.1. The summed E-state index contributed by atoms with van der Waals surface area (Å²) in [5.74, 6) is -6.87. The Hall–Kier alpha value is -4.74. The number of nitrogens with two attached hydrogens (primary N) is 4. The molecule has 14 N–H and O–H groups in total. The number of hydrogen-bond donors (Lipinski definition) is 10. The summed E-state index contributed by atoms with van der Waals surface area (Å²) < 4.78 is 0. The van der Waals surface area contributed by atoms with Crippen molar-refractivity contribution in [3.05, 3.63) is 18.2 Å². The lowest BCUT2D eigenvalue weighted by Crippen LogP contribution is -2.58. The highest BCUT2D eigenvalue weighted by atomic mass is 16.4. The molecule has 4 atom stereocenters. The lowest BCUT2D eigenvalue weighted by atomic mass is 10.1.